The Labute approximate surface area is 119 Å². The zero-order valence-corrected chi connectivity index (χ0v) is 12.3. The Morgan fingerprint density at radius 1 is 1.32 bits per heavy atom. The molecule has 0 radical (unpaired) electrons. The number of hydrogen-bond acceptors (Lipinski definition) is 3. The number of benzene rings is 1. The van der Waals surface area contributed by atoms with Gasteiger partial charge in [-0.2, -0.15) is 0 Å². The molecule has 1 aromatic carbocycles. The summed E-state index contributed by atoms with van der Waals surface area (Å²) >= 11 is 3.15. The van der Waals surface area contributed by atoms with Crippen molar-refractivity contribution in [2.45, 2.75) is 19.5 Å². The number of amides is 1. The molecule has 0 unspecified atom stereocenters. The van der Waals surface area contributed by atoms with Gasteiger partial charge in [0.25, 0.3) is 5.91 Å². The summed E-state index contributed by atoms with van der Waals surface area (Å²) in [6.07, 6.45) is 0. The number of rotatable bonds is 5. The number of ether oxygens (including phenoxy) is 1. The summed E-state index contributed by atoms with van der Waals surface area (Å²) in [5.41, 5.74) is -1.15. The molecule has 19 heavy (non-hydrogen) atoms. The van der Waals surface area contributed by atoms with E-state index in [9.17, 15) is 14.0 Å². The Balaban J connectivity index is 2.67. The second-order valence-corrected chi connectivity index (χ2v) is 5.12. The lowest BCUT2D eigenvalue weighted by atomic mass is 10.1. The van der Waals surface area contributed by atoms with Crippen molar-refractivity contribution in [1.82, 2.24) is 0 Å². The lowest BCUT2D eigenvalue weighted by Gasteiger charge is -2.14. The van der Waals surface area contributed by atoms with Crippen LogP contribution in [0.4, 0.5) is 10.1 Å². The second-order valence-electron chi connectivity index (χ2n) is 4.33. The van der Waals surface area contributed by atoms with Crippen molar-refractivity contribution in [3.8, 4) is 0 Å². The van der Waals surface area contributed by atoms with Crippen molar-refractivity contribution in [3.05, 3.63) is 29.8 Å². The Morgan fingerprint density at radius 2 is 1.89 bits per heavy atom. The zero-order valence-electron chi connectivity index (χ0n) is 10.7. The molecule has 6 heteroatoms. The van der Waals surface area contributed by atoms with Gasteiger partial charge in [0, 0.05) is 11.0 Å². The van der Waals surface area contributed by atoms with Crippen LogP contribution in [0, 0.1) is 0 Å². The summed E-state index contributed by atoms with van der Waals surface area (Å²) in [6.45, 7) is 2.63. The number of esters is 1. The van der Waals surface area contributed by atoms with Gasteiger partial charge in [-0.15, -0.1) is 0 Å². The Hall–Kier alpha value is -1.43. The summed E-state index contributed by atoms with van der Waals surface area (Å²) in [7, 11) is 0. The van der Waals surface area contributed by atoms with Gasteiger partial charge in [0.15, 0.2) is 5.67 Å². The maximum Gasteiger partial charge on any atom is 0.338 e. The van der Waals surface area contributed by atoms with Crippen molar-refractivity contribution >= 4 is 33.5 Å². The van der Waals surface area contributed by atoms with Gasteiger partial charge in [-0.3, -0.25) is 4.79 Å². The molecule has 0 saturated carbocycles. The fourth-order valence-corrected chi connectivity index (χ4v) is 1.35. The molecule has 4 nitrogen and oxygen atoms in total. The average molecular weight is 332 g/mol. The fraction of sp³-hybridized carbons (Fsp3) is 0.385. The van der Waals surface area contributed by atoms with E-state index in [1.165, 1.54) is 38.1 Å². The molecule has 1 N–H and O–H groups in total. The van der Waals surface area contributed by atoms with Gasteiger partial charge in [0.05, 0.1) is 5.56 Å². The highest BCUT2D eigenvalue weighted by atomic mass is 79.9. The van der Waals surface area contributed by atoms with Gasteiger partial charge in [0.2, 0.25) is 0 Å². The molecule has 1 rings (SSSR count). The van der Waals surface area contributed by atoms with E-state index in [2.05, 4.69) is 21.2 Å². The van der Waals surface area contributed by atoms with Gasteiger partial charge in [-0.25, -0.2) is 9.18 Å². The van der Waals surface area contributed by atoms with Crippen LogP contribution in [-0.4, -0.2) is 29.5 Å². The molecule has 0 aliphatic heterocycles. The molecule has 0 saturated heterocycles. The number of nitrogens with one attached hydrogen (secondary N) is 1. The van der Waals surface area contributed by atoms with E-state index in [-0.39, 0.29) is 6.61 Å². The molecule has 0 aliphatic rings. The highest BCUT2D eigenvalue weighted by Crippen LogP contribution is 2.15. The van der Waals surface area contributed by atoms with E-state index in [0.29, 0.717) is 16.6 Å². The maximum absolute atomic E-state index is 13.3. The molecule has 1 amide bonds. The number of halogens is 2. The lowest BCUT2D eigenvalue weighted by molar-refractivity contribution is -0.125. The van der Waals surface area contributed by atoms with Crippen LogP contribution < -0.4 is 5.32 Å². The topological polar surface area (TPSA) is 55.4 Å². The predicted molar refractivity (Wildman–Crippen MR) is 74.3 cm³/mol. The first kappa shape index (κ1) is 15.6. The summed E-state index contributed by atoms with van der Waals surface area (Å²) in [5.74, 6) is -1.18. The van der Waals surface area contributed by atoms with E-state index in [1.807, 2.05) is 0 Å². The average Bonchev–Trinajstić information content (AvgIpc) is 2.35. The van der Waals surface area contributed by atoms with Crippen molar-refractivity contribution in [3.63, 3.8) is 0 Å². The van der Waals surface area contributed by atoms with E-state index in [0.717, 1.165) is 0 Å². The Bertz CT molecular complexity index is 454. The van der Waals surface area contributed by atoms with E-state index >= 15 is 0 Å². The SMILES string of the molecule is CC(C)(F)C(=O)Nc1ccc(C(=O)OCCBr)cc1. The molecular formula is C13H15BrFNO3. The Kier molecular flexibility index (Phi) is 5.47. The Morgan fingerprint density at radius 3 is 2.37 bits per heavy atom. The first-order valence-electron chi connectivity index (χ1n) is 5.68. The molecule has 0 aliphatic carbocycles. The molecule has 0 fully saturated rings. The number of carbonyl (C=O) groups is 2. The minimum atomic E-state index is -1.95. The summed E-state index contributed by atoms with van der Waals surface area (Å²) < 4.78 is 18.2. The zero-order chi connectivity index (χ0) is 14.5. The largest absolute Gasteiger partial charge is 0.461 e. The van der Waals surface area contributed by atoms with Crippen LogP contribution in [0.2, 0.25) is 0 Å². The maximum atomic E-state index is 13.3. The highest BCUT2D eigenvalue weighted by molar-refractivity contribution is 9.09. The minimum absolute atomic E-state index is 0.285. The molecule has 0 spiro atoms. The van der Waals surface area contributed by atoms with Crippen LogP contribution in [0.15, 0.2) is 24.3 Å². The van der Waals surface area contributed by atoms with E-state index in [1.54, 1.807) is 0 Å². The van der Waals surface area contributed by atoms with Crippen molar-refractivity contribution in [2.75, 3.05) is 17.3 Å². The summed E-state index contributed by atoms with van der Waals surface area (Å²) in [6, 6.07) is 6.07. The van der Waals surface area contributed by atoms with Gasteiger partial charge >= 0.3 is 5.97 Å². The summed E-state index contributed by atoms with van der Waals surface area (Å²) in [5, 5.41) is 2.99. The minimum Gasteiger partial charge on any atom is -0.461 e. The number of carbonyl (C=O) groups excluding carboxylic acids is 2. The van der Waals surface area contributed by atoms with Gasteiger partial charge < -0.3 is 10.1 Å². The highest BCUT2D eigenvalue weighted by Gasteiger charge is 2.26. The third-order valence-corrected chi connectivity index (χ3v) is 2.55. The molecule has 0 aromatic heterocycles. The summed E-state index contributed by atoms with van der Waals surface area (Å²) in [4.78, 5) is 22.9. The first-order chi connectivity index (χ1) is 8.84. The molecule has 0 heterocycles. The quantitative estimate of drug-likeness (QED) is 0.666. The molecule has 104 valence electrons. The van der Waals surface area contributed by atoms with Crippen molar-refractivity contribution in [1.29, 1.82) is 0 Å². The van der Waals surface area contributed by atoms with E-state index in [4.69, 9.17) is 4.74 Å². The number of anilines is 1. The van der Waals surface area contributed by atoms with Gasteiger partial charge in [-0.1, -0.05) is 15.9 Å². The van der Waals surface area contributed by atoms with Crippen LogP contribution in [0.25, 0.3) is 0 Å². The third-order valence-electron chi connectivity index (χ3n) is 2.23. The van der Waals surface area contributed by atoms with Crippen molar-refractivity contribution < 1.29 is 18.7 Å². The van der Waals surface area contributed by atoms with E-state index < -0.39 is 17.5 Å². The third kappa shape index (κ3) is 4.98. The first-order valence-corrected chi connectivity index (χ1v) is 6.80. The van der Waals surface area contributed by atoms with Gasteiger partial charge in [0.1, 0.15) is 6.61 Å². The number of alkyl halides is 2. The monoisotopic (exact) mass is 331 g/mol. The molecule has 1 aromatic rings. The lowest BCUT2D eigenvalue weighted by Crippen LogP contribution is -2.32. The smallest absolute Gasteiger partial charge is 0.338 e. The second kappa shape index (κ2) is 6.65. The van der Waals surface area contributed by atoms with Crippen LogP contribution in [0.3, 0.4) is 0 Å². The van der Waals surface area contributed by atoms with Crippen molar-refractivity contribution in [2.24, 2.45) is 0 Å². The van der Waals surface area contributed by atoms with Crippen LogP contribution in [-0.2, 0) is 9.53 Å². The van der Waals surface area contributed by atoms with Gasteiger partial charge in [-0.05, 0) is 38.1 Å². The predicted octanol–water partition coefficient (Wildman–Crippen LogP) is 2.92. The molecule has 0 bridgehead atoms. The fourth-order valence-electron chi connectivity index (χ4n) is 1.18. The standard InChI is InChI=1S/C13H15BrFNO3/c1-13(2,15)12(18)16-10-5-3-9(4-6-10)11(17)19-8-7-14/h3-6H,7-8H2,1-2H3,(H,16,18). The number of hydrogen-bond donors (Lipinski definition) is 1. The molecule has 0 atom stereocenters. The van der Waals surface area contributed by atoms with Crippen LogP contribution in [0.1, 0.15) is 24.2 Å². The van der Waals surface area contributed by atoms with Crippen LogP contribution >= 0.6 is 15.9 Å². The molecular weight excluding hydrogens is 317 g/mol. The normalized spacial score (nSPS) is 10.9. The van der Waals surface area contributed by atoms with Crippen LogP contribution in [0.5, 0.6) is 0 Å².